The monoisotopic (exact) mass is 981 g/mol. The number of ketones is 2. The number of carbonyl (C=O) groups excluding carboxylic acids is 5. The fourth-order valence-corrected chi connectivity index (χ4v) is 9.10. The van der Waals surface area contributed by atoms with Crippen LogP contribution in [0.1, 0.15) is 44.9 Å². The van der Waals surface area contributed by atoms with Crippen LogP contribution >= 0.6 is 35.2 Å². The first-order valence-electron chi connectivity index (χ1n) is 18.7. The van der Waals surface area contributed by atoms with E-state index in [1.54, 1.807) is 30.3 Å². The number of aromatic nitrogens is 4. The summed E-state index contributed by atoms with van der Waals surface area (Å²) in [5.41, 5.74) is 4.96. The molecule has 26 nitrogen and oxygen atoms in total. The number of ether oxygens (including phenoxy) is 1. The van der Waals surface area contributed by atoms with E-state index in [2.05, 4.69) is 34.4 Å². The molecule has 0 radical (unpaired) electrons. The van der Waals surface area contributed by atoms with Gasteiger partial charge < -0.3 is 50.9 Å². The number of Topliss-reactive ketones (excluding diaryl/α,β-unsaturated/α-hetero) is 1. The lowest BCUT2D eigenvalue weighted by Crippen LogP contribution is -2.46. The number of thioether (sulfide) groups is 1. The van der Waals surface area contributed by atoms with E-state index in [9.17, 15) is 67.5 Å². The Kier molecular flexibility index (Phi) is 18.7. The topological polar surface area (TPSA) is 398 Å². The number of anilines is 1. The van der Waals surface area contributed by atoms with Crippen molar-refractivity contribution in [3.8, 4) is 0 Å². The van der Waals surface area contributed by atoms with Gasteiger partial charge in [0.15, 0.2) is 28.6 Å². The van der Waals surface area contributed by atoms with Gasteiger partial charge in [0.25, 0.3) is 0 Å². The molecule has 0 bridgehead atoms. The van der Waals surface area contributed by atoms with E-state index in [0.29, 0.717) is 0 Å². The van der Waals surface area contributed by atoms with Crippen LogP contribution in [0.5, 0.6) is 0 Å². The summed E-state index contributed by atoms with van der Waals surface area (Å²) in [6.45, 7) is 0.108. The Morgan fingerprint density at radius 1 is 0.984 bits per heavy atom. The maximum Gasteiger partial charge on any atom is 0.481 e. The van der Waals surface area contributed by atoms with Crippen LogP contribution in [0.25, 0.3) is 17.2 Å². The minimum Gasteiger partial charge on any atom is -0.386 e. The first-order chi connectivity index (χ1) is 29.9. The van der Waals surface area contributed by atoms with Gasteiger partial charge in [0.2, 0.25) is 11.8 Å². The number of imidazole rings is 1. The molecule has 0 saturated carbocycles. The Balaban J connectivity index is 1.16. The molecule has 1 aliphatic rings. The second-order valence-electron chi connectivity index (χ2n) is 14.4. The highest BCUT2D eigenvalue weighted by Gasteiger charge is 2.50. The van der Waals surface area contributed by atoms with Crippen LogP contribution in [0.15, 0.2) is 49.1 Å². The van der Waals surface area contributed by atoms with Gasteiger partial charge in [0.1, 0.15) is 42.0 Å². The standard InChI is InChI=1S/C34H46N7O19P3S/c1-34(2,29(47)32(48)37-11-10-24(44)36-12-13-64-25(45)15-22(43)14-21(42)9-8-20-6-4-3-5-7-20)17-57-63(54,55)60-62(52,53)56-16-23-28(59-61(49,50)51)27(46)33(58-23)41-19-40-26-30(35)38-18-39-31(26)41/h3-9,18-19,23,27-29,33,46-47H,10-17H2,1-2H3,(H,36,44)(H,37,48)(H,52,53)(H,54,55)(H2,35,38,39)(H2,49,50,51)/b9-8+/t23-,27-,28-,29+,33-/m1/s1. The Labute approximate surface area is 367 Å². The number of hydrogen-bond acceptors (Lipinski definition) is 20. The summed E-state index contributed by atoms with van der Waals surface area (Å²) < 4.78 is 62.2. The Hall–Kier alpha value is -4.14. The van der Waals surface area contributed by atoms with Crippen molar-refractivity contribution >= 4 is 86.8 Å². The summed E-state index contributed by atoms with van der Waals surface area (Å²) >= 11 is 0.786. The Morgan fingerprint density at radius 2 is 1.67 bits per heavy atom. The number of nitrogen functional groups attached to an aromatic ring is 1. The number of benzene rings is 1. The van der Waals surface area contributed by atoms with E-state index in [4.69, 9.17) is 19.5 Å². The van der Waals surface area contributed by atoms with Gasteiger partial charge in [0.05, 0.1) is 32.4 Å². The Morgan fingerprint density at radius 3 is 2.36 bits per heavy atom. The zero-order chi connectivity index (χ0) is 47.5. The summed E-state index contributed by atoms with van der Waals surface area (Å²) in [4.78, 5) is 112. The van der Waals surface area contributed by atoms with E-state index in [-0.39, 0.29) is 42.2 Å². The summed E-state index contributed by atoms with van der Waals surface area (Å²) in [6.07, 6.45) is -5.25. The van der Waals surface area contributed by atoms with Crippen LogP contribution in [0, 0.1) is 5.41 Å². The summed E-state index contributed by atoms with van der Waals surface area (Å²) in [6, 6.07) is 8.96. The van der Waals surface area contributed by atoms with Crippen molar-refractivity contribution in [3.05, 3.63) is 54.6 Å². The average Bonchev–Trinajstić information content (AvgIpc) is 3.77. The maximum absolute atomic E-state index is 12.7. The highest BCUT2D eigenvalue weighted by atomic mass is 32.2. The molecule has 7 atom stereocenters. The normalized spacial score (nSPS) is 20.4. The van der Waals surface area contributed by atoms with E-state index in [1.165, 1.54) is 19.9 Å². The van der Waals surface area contributed by atoms with Crippen molar-refractivity contribution in [2.75, 3.05) is 37.8 Å². The minimum absolute atomic E-state index is 0.0160. The molecule has 0 aliphatic carbocycles. The number of hydrogen-bond donors (Lipinski definition) is 9. The number of aliphatic hydroxyl groups is 2. The fourth-order valence-electron chi connectivity index (χ4n) is 5.58. The number of carbonyl (C=O) groups is 5. The number of fused-ring (bicyclic) bond motifs is 1. The van der Waals surface area contributed by atoms with Crippen LogP contribution < -0.4 is 16.4 Å². The molecule has 3 aromatic rings. The van der Waals surface area contributed by atoms with Gasteiger partial charge in [-0.25, -0.2) is 28.6 Å². The molecule has 1 saturated heterocycles. The maximum atomic E-state index is 12.7. The molecule has 30 heteroatoms. The summed E-state index contributed by atoms with van der Waals surface area (Å²) in [5, 5.41) is 25.8. The summed E-state index contributed by atoms with van der Waals surface area (Å²) in [5.74, 6) is -2.52. The number of nitrogens with zero attached hydrogens (tertiary/aromatic N) is 4. The van der Waals surface area contributed by atoms with Gasteiger partial charge in [0, 0.05) is 30.7 Å². The predicted octanol–water partition coefficient (Wildman–Crippen LogP) is 0.297. The van der Waals surface area contributed by atoms with Gasteiger partial charge in [-0.05, 0) is 11.6 Å². The number of aliphatic hydroxyl groups excluding tert-OH is 2. The van der Waals surface area contributed by atoms with Crippen molar-refractivity contribution in [1.82, 2.24) is 30.2 Å². The molecule has 3 heterocycles. The molecule has 352 valence electrons. The SMILES string of the molecule is CC(C)(COP(=O)(O)OP(=O)(O)OC[C@H]1O[C@@H](n2cnc3c(N)ncnc32)[C@H](O)[C@@H]1OP(=O)(O)O)[C@@H](O)C(=O)NCCC(=O)NCCSC(=O)CC(=O)CC(=O)/C=C/c1ccccc1. The van der Waals surface area contributed by atoms with Gasteiger partial charge in [-0.15, -0.1) is 0 Å². The highest BCUT2D eigenvalue weighted by Crippen LogP contribution is 2.61. The smallest absolute Gasteiger partial charge is 0.386 e. The summed E-state index contributed by atoms with van der Waals surface area (Å²) in [7, 11) is -16.5. The third-order valence-corrected chi connectivity index (χ3v) is 12.7. The van der Waals surface area contributed by atoms with Crippen LogP contribution in [-0.4, -0.2) is 134 Å². The molecule has 10 N–H and O–H groups in total. The molecule has 1 aliphatic heterocycles. The first-order valence-corrected chi connectivity index (χ1v) is 24.2. The number of nitrogens with one attached hydrogen (secondary N) is 2. The average molecular weight is 982 g/mol. The van der Waals surface area contributed by atoms with Gasteiger partial charge in [-0.2, -0.15) is 4.31 Å². The molecule has 4 rings (SSSR count). The largest absolute Gasteiger partial charge is 0.481 e. The lowest BCUT2D eigenvalue weighted by molar-refractivity contribution is -0.137. The number of allylic oxidation sites excluding steroid dienone is 1. The number of phosphoric acid groups is 3. The van der Waals surface area contributed by atoms with Crippen molar-refractivity contribution in [2.24, 2.45) is 5.41 Å². The second kappa shape index (κ2) is 22.9. The zero-order valence-corrected chi connectivity index (χ0v) is 37.3. The van der Waals surface area contributed by atoms with E-state index in [0.717, 1.165) is 34.5 Å². The lowest BCUT2D eigenvalue weighted by atomic mass is 9.87. The Bertz CT molecular complexity index is 2330. The van der Waals surface area contributed by atoms with E-state index < -0.39 is 114 Å². The fraction of sp³-hybridized carbons (Fsp3) is 0.471. The predicted molar refractivity (Wildman–Crippen MR) is 222 cm³/mol. The van der Waals surface area contributed by atoms with E-state index in [1.807, 2.05) is 6.07 Å². The van der Waals surface area contributed by atoms with E-state index >= 15 is 0 Å². The van der Waals surface area contributed by atoms with Crippen molar-refractivity contribution < 1.29 is 90.1 Å². The molecule has 2 unspecified atom stereocenters. The molecular formula is C34H46N7O19P3S. The van der Waals surface area contributed by atoms with Crippen molar-refractivity contribution in [2.45, 2.75) is 63.8 Å². The zero-order valence-electron chi connectivity index (χ0n) is 33.8. The minimum atomic E-state index is -5.61. The number of rotatable bonds is 25. The van der Waals surface area contributed by atoms with Crippen molar-refractivity contribution in [1.29, 1.82) is 0 Å². The van der Waals surface area contributed by atoms with Crippen LogP contribution in [-0.2, 0) is 60.3 Å². The molecule has 64 heavy (non-hydrogen) atoms. The quantitative estimate of drug-likeness (QED) is 0.0238. The molecular weight excluding hydrogens is 935 g/mol. The molecule has 2 amide bonds. The molecule has 2 aromatic heterocycles. The van der Waals surface area contributed by atoms with Gasteiger partial charge >= 0.3 is 23.5 Å². The van der Waals surface area contributed by atoms with Crippen molar-refractivity contribution in [3.63, 3.8) is 0 Å². The molecule has 0 spiro atoms. The third kappa shape index (κ3) is 16.4. The van der Waals surface area contributed by atoms with Crippen LogP contribution in [0.4, 0.5) is 5.82 Å². The highest BCUT2D eigenvalue weighted by molar-refractivity contribution is 8.13. The number of nitrogens with two attached hydrogens (primary N) is 1. The first kappa shape index (κ1) is 52.5. The number of phosphoric ester groups is 3. The van der Waals surface area contributed by atoms with Gasteiger partial charge in [-0.3, -0.25) is 42.1 Å². The third-order valence-electron chi connectivity index (χ3n) is 8.74. The lowest BCUT2D eigenvalue weighted by Gasteiger charge is -2.30. The number of amides is 2. The molecule has 1 aromatic carbocycles. The second-order valence-corrected chi connectivity index (χ2v) is 19.8. The molecule has 1 fully saturated rings. The van der Waals surface area contributed by atoms with Crippen LogP contribution in [0.2, 0.25) is 0 Å². The van der Waals surface area contributed by atoms with Crippen LogP contribution in [0.3, 0.4) is 0 Å². The van der Waals surface area contributed by atoms with Gasteiger partial charge in [-0.1, -0.05) is 62.0 Å².